The van der Waals surface area contributed by atoms with E-state index >= 15 is 0 Å². The van der Waals surface area contributed by atoms with Gasteiger partial charge in [-0.25, -0.2) is 9.59 Å². The van der Waals surface area contributed by atoms with E-state index in [4.69, 9.17) is 9.52 Å². The van der Waals surface area contributed by atoms with Crippen molar-refractivity contribution >= 4 is 11.9 Å². The van der Waals surface area contributed by atoms with Crippen LogP contribution in [0.5, 0.6) is 0 Å². The second-order valence-electron chi connectivity index (χ2n) is 4.05. The fourth-order valence-corrected chi connectivity index (χ4v) is 1.84. The van der Waals surface area contributed by atoms with Gasteiger partial charge in [0.2, 0.25) is 5.76 Å². The topological polar surface area (TPSA) is 97.0 Å². The third-order valence-corrected chi connectivity index (χ3v) is 3.03. The lowest BCUT2D eigenvalue weighted by molar-refractivity contribution is -0.148. The number of aliphatic carboxylic acids is 1. The fourth-order valence-electron chi connectivity index (χ4n) is 1.84. The molecule has 0 aliphatic heterocycles. The molecule has 6 heteroatoms. The van der Waals surface area contributed by atoms with E-state index in [1.54, 1.807) is 0 Å². The Morgan fingerprint density at radius 1 is 1.47 bits per heavy atom. The average molecular weight is 240 g/mol. The third kappa shape index (κ3) is 1.80. The Morgan fingerprint density at radius 3 is 2.59 bits per heavy atom. The predicted octanol–water partition coefficient (Wildman–Crippen LogP) is 0.543. The van der Waals surface area contributed by atoms with Crippen molar-refractivity contribution in [2.24, 2.45) is 0 Å². The van der Waals surface area contributed by atoms with Gasteiger partial charge in [0, 0.05) is 0 Å². The highest BCUT2D eigenvalue weighted by Gasteiger charge is 2.56. The highest BCUT2D eigenvalue weighted by Crippen LogP contribution is 2.51. The zero-order valence-corrected chi connectivity index (χ0v) is 9.17. The van der Waals surface area contributed by atoms with Crippen molar-refractivity contribution < 1.29 is 29.0 Å². The monoisotopic (exact) mass is 240 g/mol. The summed E-state index contributed by atoms with van der Waals surface area (Å²) in [5.41, 5.74) is -0.891. The first kappa shape index (κ1) is 11.7. The Labute approximate surface area is 96.8 Å². The maximum Gasteiger partial charge on any atom is 0.373 e. The number of methoxy groups -OCH3 is 1. The molecular formula is C11H12O6. The summed E-state index contributed by atoms with van der Waals surface area (Å²) in [5.74, 6) is -1.60. The summed E-state index contributed by atoms with van der Waals surface area (Å²) in [5, 5.41) is 18.4. The van der Waals surface area contributed by atoms with Crippen LogP contribution in [0.15, 0.2) is 16.5 Å². The Hall–Kier alpha value is -1.82. The van der Waals surface area contributed by atoms with Crippen molar-refractivity contribution in [1.82, 2.24) is 0 Å². The molecule has 1 aromatic heterocycles. The Bertz CT molecular complexity index is 456. The highest BCUT2D eigenvalue weighted by atomic mass is 16.5. The van der Waals surface area contributed by atoms with Crippen molar-refractivity contribution in [3.63, 3.8) is 0 Å². The average Bonchev–Trinajstić information content (AvgIpc) is 2.97. The number of ether oxygens (including phenoxy) is 1. The summed E-state index contributed by atoms with van der Waals surface area (Å²) in [6.45, 7) is 0. The van der Waals surface area contributed by atoms with E-state index in [-0.39, 0.29) is 5.76 Å². The van der Waals surface area contributed by atoms with Crippen LogP contribution < -0.4 is 0 Å². The minimum absolute atomic E-state index is 0.00589. The van der Waals surface area contributed by atoms with Crippen LogP contribution in [0.3, 0.4) is 0 Å². The SMILES string of the molecule is COC(=O)c1ccc(C2(C(O)C(=O)O)CC2)o1. The smallest absolute Gasteiger partial charge is 0.373 e. The van der Waals surface area contributed by atoms with Gasteiger partial charge in [-0.05, 0) is 25.0 Å². The molecule has 0 spiro atoms. The normalized spacial score (nSPS) is 18.5. The van der Waals surface area contributed by atoms with Crippen molar-refractivity contribution in [2.45, 2.75) is 24.4 Å². The molecule has 0 radical (unpaired) electrons. The largest absolute Gasteiger partial charge is 0.479 e. The van der Waals surface area contributed by atoms with Crippen molar-refractivity contribution in [1.29, 1.82) is 0 Å². The summed E-state index contributed by atoms with van der Waals surface area (Å²) >= 11 is 0. The molecule has 0 aromatic carbocycles. The molecule has 1 unspecified atom stereocenters. The number of carboxylic acids is 1. The third-order valence-electron chi connectivity index (χ3n) is 3.03. The zero-order valence-electron chi connectivity index (χ0n) is 9.17. The van der Waals surface area contributed by atoms with E-state index in [1.165, 1.54) is 19.2 Å². The quantitative estimate of drug-likeness (QED) is 0.745. The van der Waals surface area contributed by atoms with Gasteiger partial charge in [0.05, 0.1) is 12.5 Å². The lowest BCUT2D eigenvalue weighted by Gasteiger charge is -2.15. The number of hydrogen-bond acceptors (Lipinski definition) is 5. The van der Waals surface area contributed by atoms with Gasteiger partial charge in [0.25, 0.3) is 0 Å². The van der Waals surface area contributed by atoms with E-state index in [9.17, 15) is 14.7 Å². The van der Waals surface area contributed by atoms with Gasteiger partial charge in [0.15, 0.2) is 6.10 Å². The Kier molecular flexibility index (Phi) is 2.66. The number of hydrogen-bond donors (Lipinski definition) is 2. The molecular weight excluding hydrogens is 228 g/mol. The number of aliphatic hydroxyl groups excluding tert-OH is 1. The Balaban J connectivity index is 2.26. The van der Waals surface area contributed by atoms with Crippen LogP contribution in [0.25, 0.3) is 0 Å². The molecule has 92 valence electrons. The lowest BCUT2D eigenvalue weighted by Crippen LogP contribution is -2.33. The second-order valence-corrected chi connectivity index (χ2v) is 4.05. The van der Waals surface area contributed by atoms with Crippen molar-refractivity contribution in [3.05, 3.63) is 23.7 Å². The van der Waals surface area contributed by atoms with E-state index in [0.29, 0.717) is 18.6 Å². The van der Waals surface area contributed by atoms with Gasteiger partial charge in [0.1, 0.15) is 5.76 Å². The van der Waals surface area contributed by atoms with Gasteiger partial charge < -0.3 is 19.4 Å². The summed E-state index contributed by atoms with van der Waals surface area (Å²) in [6, 6.07) is 2.92. The lowest BCUT2D eigenvalue weighted by atomic mass is 9.96. The molecule has 1 atom stereocenters. The number of carbonyl (C=O) groups excluding carboxylic acids is 1. The van der Waals surface area contributed by atoms with Crippen LogP contribution in [0.2, 0.25) is 0 Å². The molecule has 1 heterocycles. The van der Waals surface area contributed by atoms with Crippen LogP contribution in [0.1, 0.15) is 29.2 Å². The van der Waals surface area contributed by atoms with Crippen LogP contribution in [-0.2, 0) is 14.9 Å². The molecule has 0 saturated heterocycles. The second kappa shape index (κ2) is 3.89. The molecule has 2 N–H and O–H groups in total. The van der Waals surface area contributed by atoms with E-state index in [0.717, 1.165) is 0 Å². The minimum atomic E-state index is -1.51. The van der Waals surface area contributed by atoms with Gasteiger partial charge in [-0.15, -0.1) is 0 Å². The summed E-state index contributed by atoms with van der Waals surface area (Å²) < 4.78 is 9.72. The standard InChI is InChI=1S/C11H12O6/c1-16-10(15)6-2-3-7(17-6)11(4-5-11)8(12)9(13)14/h2-3,8,12H,4-5H2,1H3,(H,13,14). The first-order valence-corrected chi connectivity index (χ1v) is 5.11. The summed E-state index contributed by atoms with van der Waals surface area (Å²) in [7, 11) is 1.23. The van der Waals surface area contributed by atoms with Gasteiger partial charge in [-0.1, -0.05) is 0 Å². The zero-order chi connectivity index (χ0) is 12.6. The fraction of sp³-hybridized carbons (Fsp3) is 0.455. The van der Waals surface area contributed by atoms with E-state index in [2.05, 4.69) is 4.74 Å². The Morgan fingerprint density at radius 2 is 2.12 bits per heavy atom. The van der Waals surface area contributed by atoms with E-state index < -0.39 is 23.5 Å². The molecule has 17 heavy (non-hydrogen) atoms. The number of esters is 1. The van der Waals surface area contributed by atoms with Gasteiger partial charge in [-0.3, -0.25) is 0 Å². The maximum atomic E-state index is 11.2. The van der Waals surface area contributed by atoms with E-state index in [1.807, 2.05) is 0 Å². The molecule has 2 rings (SSSR count). The molecule has 0 amide bonds. The number of carboxylic acid groups (broad SMARTS) is 1. The molecule has 6 nitrogen and oxygen atoms in total. The number of rotatable bonds is 4. The van der Waals surface area contributed by atoms with Crippen molar-refractivity contribution in [2.75, 3.05) is 7.11 Å². The predicted molar refractivity (Wildman–Crippen MR) is 54.6 cm³/mol. The number of carbonyl (C=O) groups is 2. The van der Waals surface area contributed by atoms with Crippen LogP contribution in [0.4, 0.5) is 0 Å². The van der Waals surface area contributed by atoms with Crippen LogP contribution in [-0.4, -0.2) is 35.4 Å². The summed E-state index contributed by atoms with van der Waals surface area (Å²) in [6.07, 6.45) is -0.470. The summed E-state index contributed by atoms with van der Waals surface area (Å²) in [4.78, 5) is 22.0. The molecule has 0 bridgehead atoms. The van der Waals surface area contributed by atoms with Gasteiger partial charge >= 0.3 is 11.9 Å². The first-order valence-electron chi connectivity index (χ1n) is 5.11. The first-order chi connectivity index (χ1) is 8.01. The molecule has 1 saturated carbocycles. The van der Waals surface area contributed by atoms with Crippen LogP contribution in [0, 0.1) is 0 Å². The van der Waals surface area contributed by atoms with Gasteiger partial charge in [-0.2, -0.15) is 0 Å². The molecule has 1 aliphatic rings. The maximum absolute atomic E-state index is 11.2. The minimum Gasteiger partial charge on any atom is -0.479 e. The molecule has 1 aromatic rings. The number of aliphatic hydroxyl groups is 1. The van der Waals surface area contributed by atoms with Crippen molar-refractivity contribution in [3.8, 4) is 0 Å². The molecule has 1 fully saturated rings. The molecule has 1 aliphatic carbocycles. The van der Waals surface area contributed by atoms with Crippen LogP contribution >= 0.6 is 0 Å². The highest BCUT2D eigenvalue weighted by molar-refractivity contribution is 5.86. The number of furan rings is 1.